The molecule has 0 aromatic heterocycles. The summed E-state index contributed by atoms with van der Waals surface area (Å²) in [5.74, 6) is -0.967. The van der Waals surface area contributed by atoms with Gasteiger partial charge in [0.15, 0.2) is 0 Å². The van der Waals surface area contributed by atoms with Crippen molar-refractivity contribution in [2.45, 2.75) is 13.1 Å². The number of hydrogen-bond acceptors (Lipinski definition) is 0. The zero-order chi connectivity index (χ0) is 15.0. The highest BCUT2D eigenvalue weighted by Gasteiger charge is 2.55. The zero-order valence-electron chi connectivity index (χ0n) is 11.1. The second-order valence-corrected chi connectivity index (χ2v) is 15.8. The summed E-state index contributed by atoms with van der Waals surface area (Å²) in [6.45, 7) is 2.58. The van der Waals surface area contributed by atoms with Gasteiger partial charge in [0.2, 0.25) is 0 Å². The van der Waals surface area contributed by atoms with Gasteiger partial charge in [-0.25, -0.2) is 8.78 Å². The van der Waals surface area contributed by atoms with Gasteiger partial charge >= 0.3 is 15.9 Å². The van der Waals surface area contributed by atoms with E-state index in [2.05, 4.69) is 0 Å². The molecule has 0 unspecified atom stereocenters. The molecule has 0 fully saturated rings. The van der Waals surface area contributed by atoms with Gasteiger partial charge in [0.25, 0.3) is 0 Å². The van der Waals surface area contributed by atoms with E-state index in [-0.39, 0.29) is 10.4 Å². The standard InChI is InChI=1S/C14H14F4Si2/c1-19(17,13-7-3-11(15)4-8-13)20(2,18)14-9-5-12(16)6-10-14/h3-10H,1-2H3/t19-,20+. The van der Waals surface area contributed by atoms with Crippen LogP contribution < -0.4 is 10.4 Å². The maximum Gasteiger partial charge on any atom is 0.302 e. The van der Waals surface area contributed by atoms with Gasteiger partial charge in [0.05, 0.1) is 0 Å². The SMILES string of the molecule is C[Si@](F)(c1ccc(F)cc1)[Si@](C)(F)c1ccc(F)cc1. The van der Waals surface area contributed by atoms with Crippen LogP contribution in [-0.4, -0.2) is 15.9 Å². The highest BCUT2D eigenvalue weighted by Crippen LogP contribution is 2.22. The quantitative estimate of drug-likeness (QED) is 0.463. The van der Waals surface area contributed by atoms with E-state index in [9.17, 15) is 8.78 Å². The second kappa shape index (κ2) is 5.18. The Kier molecular flexibility index (Phi) is 3.88. The predicted octanol–water partition coefficient (Wildman–Crippen LogP) is 3.25. The summed E-state index contributed by atoms with van der Waals surface area (Å²) in [5, 5.41) is 0.444. The molecule has 0 radical (unpaired) electrons. The molecule has 0 spiro atoms. The average molecular weight is 314 g/mol. The minimum atomic E-state index is -3.91. The molecule has 2 aromatic carbocycles. The molecule has 20 heavy (non-hydrogen) atoms. The van der Waals surface area contributed by atoms with E-state index in [1.54, 1.807) is 0 Å². The fourth-order valence-electron chi connectivity index (χ4n) is 2.07. The van der Waals surface area contributed by atoms with Crippen LogP contribution in [0.3, 0.4) is 0 Å². The Balaban J connectivity index is 2.45. The van der Waals surface area contributed by atoms with Gasteiger partial charge in [-0.3, -0.25) is 0 Å². The molecule has 0 bridgehead atoms. The molecule has 6 heteroatoms. The Bertz CT molecular complexity index is 536. The van der Waals surface area contributed by atoms with E-state index in [0.29, 0.717) is 0 Å². The van der Waals surface area contributed by atoms with Gasteiger partial charge in [-0.1, -0.05) is 24.3 Å². The molecule has 0 saturated heterocycles. The lowest BCUT2D eigenvalue weighted by atomic mass is 10.3. The van der Waals surface area contributed by atoms with E-state index in [4.69, 9.17) is 0 Å². The fourth-order valence-corrected chi connectivity index (χ4v) is 8.99. The van der Waals surface area contributed by atoms with E-state index >= 15 is 8.22 Å². The van der Waals surface area contributed by atoms with Crippen LogP contribution in [0.2, 0.25) is 13.1 Å². The summed E-state index contributed by atoms with van der Waals surface area (Å²) < 4.78 is 56.1. The summed E-state index contributed by atoms with van der Waals surface area (Å²) in [7, 11) is -7.81. The number of halogens is 4. The first-order valence-corrected chi connectivity index (χ1v) is 11.9. The van der Waals surface area contributed by atoms with Crippen molar-refractivity contribution in [3.63, 3.8) is 0 Å². The molecule has 0 N–H and O–H groups in total. The van der Waals surface area contributed by atoms with Gasteiger partial charge in [-0.15, -0.1) is 0 Å². The third kappa shape index (κ3) is 2.57. The minimum absolute atomic E-state index is 0.222. The summed E-state index contributed by atoms with van der Waals surface area (Å²) in [4.78, 5) is 0. The van der Waals surface area contributed by atoms with Crippen LogP contribution in [0.5, 0.6) is 0 Å². The van der Waals surface area contributed by atoms with Crippen LogP contribution in [0.4, 0.5) is 17.0 Å². The van der Waals surface area contributed by atoms with Crippen LogP contribution >= 0.6 is 0 Å². The third-order valence-corrected chi connectivity index (χ3v) is 15.3. The van der Waals surface area contributed by atoms with Gasteiger partial charge in [0.1, 0.15) is 11.6 Å². The first-order valence-electron chi connectivity index (χ1n) is 6.15. The average Bonchev–Trinajstić information content (AvgIpc) is 2.39. The minimum Gasteiger partial charge on any atom is -0.308 e. The Labute approximate surface area is 117 Å². The summed E-state index contributed by atoms with van der Waals surface area (Å²) in [6, 6.07) is 9.74. The van der Waals surface area contributed by atoms with Crippen molar-refractivity contribution >= 4 is 26.2 Å². The largest absolute Gasteiger partial charge is 0.308 e. The normalized spacial score (nSPS) is 17.3. The first-order chi connectivity index (χ1) is 9.25. The van der Waals surface area contributed by atoms with Crippen LogP contribution in [0, 0.1) is 11.6 Å². The summed E-state index contributed by atoms with van der Waals surface area (Å²) in [5.41, 5.74) is 0. The first kappa shape index (κ1) is 15.0. The third-order valence-electron chi connectivity index (χ3n) is 3.65. The molecule has 0 heterocycles. The van der Waals surface area contributed by atoms with Crippen molar-refractivity contribution in [3.05, 3.63) is 60.2 Å². The van der Waals surface area contributed by atoms with Crippen LogP contribution in [0.25, 0.3) is 0 Å². The Morgan fingerprint density at radius 1 is 0.600 bits per heavy atom. The molecule has 0 aliphatic rings. The highest BCUT2D eigenvalue weighted by molar-refractivity contribution is 7.45. The predicted molar refractivity (Wildman–Crippen MR) is 77.5 cm³/mol. The molecule has 0 aliphatic heterocycles. The highest BCUT2D eigenvalue weighted by atomic mass is 29.3. The zero-order valence-corrected chi connectivity index (χ0v) is 13.1. The van der Waals surface area contributed by atoms with Crippen LogP contribution in [0.15, 0.2) is 48.5 Å². The molecule has 2 rings (SSSR count). The number of hydrogen-bond donors (Lipinski definition) is 0. The second-order valence-electron chi connectivity index (χ2n) is 5.02. The van der Waals surface area contributed by atoms with Crippen LogP contribution in [0.1, 0.15) is 0 Å². The lowest BCUT2D eigenvalue weighted by molar-refractivity contribution is 0.627. The molecular formula is C14H14F4Si2. The molecular weight excluding hydrogens is 300 g/mol. The summed E-state index contributed by atoms with van der Waals surface area (Å²) in [6.07, 6.45) is 0. The smallest absolute Gasteiger partial charge is 0.302 e. The molecule has 106 valence electrons. The van der Waals surface area contributed by atoms with E-state index in [1.165, 1.54) is 37.4 Å². The van der Waals surface area contributed by atoms with Crippen molar-refractivity contribution in [1.82, 2.24) is 0 Å². The summed E-state index contributed by atoms with van der Waals surface area (Å²) >= 11 is 0. The molecule has 0 nitrogen and oxygen atoms in total. The van der Waals surface area contributed by atoms with E-state index < -0.39 is 27.5 Å². The maximum absolute atomic E-state index is 15.1. The Hall–Kier alpha value is -1.41. The molecule has 0 amide bonds. The monoisotopic (exact) mass is 314 g/mol. The van der Waals surface area contributed by atoms with Gasteiger partial charge in [0, 0.05) is 0 Å². The Morgan fingerprint density at radius 2 is 0.850 bits per heavy atom. The fraction of sp³-hybridized carbons (Fsp3) is 0.143. The Morgan fingerprint density at radius 3 is 1.10 bits per heavy atom. The van der Waals surface area contributed by atoms with Crippen molar-refractivity contribution in [1.29, 1.82) is 0 Å². The topological polar surface area (TPSA) is 0 Å². The molecule has 2 aromatic rings. The van der Waals surface area contributed by atoms with E-state index in [1.807, 2.05) is 0 Å². The van der Waals surface area contributed by atoms with Gasteiger partial charge < -0.3 is 8.22 Å². The van der Waals surface area contributed by atoms with Gasteiger partial charge in [-0.2, -0.15) is 0 Å². The number of benzene rings is 2. The van der Waals surface area contributed by atoms with Crippen molar-refractivity contribution < 1.29 is 17.0 Å². The van der Waals surface area contributed by atoms with Crippen molar-refractivity contribution in [3.8, 4) is 0 Å². The molecule has 0 aliphatic carbocycles. The van der Waals surface area contributed by atoms with Crippen molar-refractivity contribution in [2.75, 3.05) is 0 Å². The maximum atomic E-state index is 15.1. The van der Waals surface area contributed by atoms with Crippen LogP contribution in [-0.2, 0) is 0 Å². The lowest BCUT2D eigenvalue weighted by Crippen LogP contribution is -2.67. The van der Waals surface area contributed by atoms with E-state index in [0.717, 1.165) is 24.3 Å². The lowest BCUT2D eigenvalue weighted by Gasteiger charge is -2.29. The molecule has 0 saturated carbocycles. The molecule has 2 atom stereocenters. The van der Waals surface area contributed by atoms with Gasteiger partial charge in [-0.05, 0) is 47.7 Å². The van der Waals surface area contributed by atoms with Crippen molar-refractivity contribution in [2.24, 2.45) is 0 Å². The number of rotatable bonds is 3.